The molecule has 3 heterocycles. The molecule has 0 spiro atoms. The SMILES string of the molecule is O=C(NCc1ccnc(F)c1)n1c2c(c3ccc(Cl)cc31)CN(C/C=C/c1ccc(Cl)cc1)CC2. The molecule has 5 rings (SSSR count). The maximum atomic E-state index is 13.4. The number of carbonyl (C=O) groups is 1. The lowest BCUT2D eigenvalue weighted by Gasteiger charge is -2.27. The Morgan fingerprint density at radius 3 is 2.69 bits per heavy atom. The van der Waals surface area contributed by atoms with Gasteiger partial charge in [0.1, 0.15) is 0 Å². The molecule has 0 fully saturated rings. The Morgan fingerprint density at radius 1 is 1.09 bits per heavy atom. The zero-order valence-corrected chi connectivity index (χ0v) is 20.4. The van der Waals surface area contributed by atoms with Gasteiger partial charge in [-0.25, -0.2) is 9.78 Å². The Hall–Kier alpha value is -3.19. The summed E-state index contributed by atoms with van der Waals surface area (Å²) in [6.45, 7) is 2.55. The third-order valence-electron chi connectivity index (χ3n) is 6.17. The van der Waals surface area contributed by atoms with Crippen LogP contribution in [-0.4, -0.2) is 33.6 Å². The van der Waals surface area contributed by atoms with Crippen LogP contribution in [0.5, 0.6) is 0 Å². The number of rotatable bonds is 5. The van der Waals surface area contributed by atoms with Crippen molar-refractivity contribution in [1.29, 1.82) is 0 Å². The number of hydrogen-bond donors (Lipinski definition) is 1. The fourth-order valence-electron chi connectivity index (χ4n) is 4.50. The molecule has 1 N–H and O–H groups in total. The highest BCUT2D eigenvalue weighted by atomic mass is 35.5. The predicted octanol–water partition coefficient (Wildman–Crippen LogP) is 6.31. The van der Waals surface area contributed by atoms with Gasteiger partial charge in [0.05, 0.1) is 5.52 Å². The van der Waals surface area contributed by atoms with E-state index in [4.69, 9.17) is 23.2 Å². The highest BCUT2D eigenvalue weighted by molar-refractivity contribution is 6.31. The molecule has 1 aliphatic heterocycles. The van der Waals surface area contributed by atoms with E-state index in [0.717, 1.165) is 58.8 Å². The standard InChI is InChI=1S/C27H23Cl2FN4O/c28-20-5-3-18(4-6-20)2-1-12-33-13-10-24-23(17-33)22-8-7-21(29)15-25(22)34(24)27(35)32-16-19-9-11-31-26(30)14-19/h1-9,11,14-15H,10,12-13,16-17H2,(H,32,35)/b2-1+. The lowest BCUT2D eigenvalue weighted by atomic mass is 10.0. The van der Waals surface area contributed by atoms with Crippen LogP contribution in [0.1, 0.15) is 22.4 Å². The first-order valence-electron chi connectivity index (χ1n) is 11.3. The third kappa shape index (κ3) is 5.25. The lowest BCUT2D eigenvalue weighted by Crippen LogP contribution is -2.34. The molecular weight excluding hydrogens is 486 g/mol. The maximum Gasteiger partial charge on any atom is 0.326 e. The number of halogens is 3. The molecule has 35 heavy (non-hydrogen) atoms. The van der Waals surface area contributed by atoms with E-state index in [1.165, 1.54) is 12.3 Å². The molecule has 2 aromatic heterocycles. The molecule has 5 nitrogen and oxygen atoms in total. The van der Waals surface area contributed by atoms with Crippen LogP contribution < -0.4 is 5.32 Å². The summed E-state index contributed by atoms with van der Waals surface area (Å²) in [6, 6.07) is 16.1. The van der Waals surface area contributed by atoms with Crippen LogP contribution in [0.4, 0.5) is 9.18 Å². The zero-order chi connectivity index (χ0) is 24.4. The summed E-state index contributed by atoms with van der Waals surface area (Å²) in [6.07, 6.45) is 6.35. The molecule has 0 unspecified atom stereocenters. The smallest absolute Gasteiger partial charge is 0.326 e. The molecule has 0 saturated carbocycles. The van der Waals surface area contributed by atoms with Crippen LogP contribution in [0, 0.1) is 5.95 Å². The van der Waals surface area contributed by atoms with Crippen molar-refractivity contribution < 1.29 is 9.18 Å². The summed E-state index contributed by atoms with van der Waals surface area (Å²) in [4.78, 5) is 19.2. The monoisotopic (exact) mass is 508 g/mol. The average molecular weight is 509 g/mol. The fourth-order valence-corrected chi connectivity index (χ4v) is 4.79. The molecule has 4 aromatic rings. The van der Waals surface area contributed by atoms with Crippen molar-refractivity contribution in [2.24, 2.45) is 0 Å². The van der Waals surface area contributed by atoms with Crippen LogP contribution in [0.2, 0.25) is 10.0 Å². The fraction of sp³-hybridized carbons (Fsp3) is 0.185. The van der Waals surface area contributed by atoms with Crippen molar-refractivity contribution in [2.45, 2.75) is 19.5 Å². The number of hydrogen-bond acceptors (Lipinski definition) is 3. The van der Waals surface area contributed by atoms with Crippen molar-refractivity contribution in [1.82, 2.24) is 19.8 Å². The van der Waals surface area contributed by atoms with Gasteiger partial charge in [-0.15, -0.1) is 0 Å². The highest BCUT2D eigenvalue weighted by Crippen LogP contribution is 2.32. The first-order valence-corrected chi connectivity index (χ1v) is 12.1. The van der Waals surface area contributed by atoms with Gasteiger partial charge in [0, 0.05) is 59.9 Å². The van der Waals surface area contributed by atoms with Gasteiger partial charge in [0.2, 0.25) is 5.95 Å². The van der Waals surface area contributed by atoms with Crippen molar-refractivity contribution in [3.63, 3.8) is 0 Å². The quantitative estimate of drug-likeness (QED) is 0.321. The molecule has 1 aliphatic rings. The number of nitrogens with zero attached hydrogens (tertiary/aromatic N) is 3. The first kappa shape index (κ1) is 23.5. The van der Waals surface area contributed by atoms with Crippen molar-refractivity contribution in [2.75, 3.05) is 13.1 Å². The van der Waals surface area contributed by atoms with Gasteiger partial charge >= 0.3 is 6.03 Å². The number of benzene rings is 2. The van der Waals surface area contributed by atoms with Gasteiger partial charge in [-0.3, -0.25) is 9.47 Å². The Kier molecular flexibility index (Phi) is 6.86. The van der Waals surface area contributed by atoms with Crippen molar-refractivity contribution >= 4 is 46.2 Å². The summed E-state index contributed by atoms with van der Waals surface area (Å²) in [5.74, 6) is -0.572. The molecular formula is C27H23Cl2FN4O. The highest BCUT2D eigenvalue weighted by Gasteiger charge is 2.26. The van der Waals surface area contributed by atoms with Crippen LogP contribution in [-0.2, 0) is 19.5 Å². The molecule has 0 aliphatic carbocycles. The van der Waals surface area contributed by atoms with Gasteiger partial charge in [-0.1, -0.05) is 53.6 Å². The van der Waals surface area contributed by atoms with E-state index in [1.807, 2.05) is 42.5 Å². The van der Waals surface area contributed by atoms with Crippen LogP contribution in [0.25, 0.3) is 17.0 Å². The number of pyridine rings is 1. The van der Waals surface area contributed by atoms with Crippen LogP contribution in [0.15, 0.2) is 66.9 Å². The van der Waals surface area contributed by atoms with Crippen molar-refractivity contribution in [3.05, 3.63) is 105 Å². The van der Waals surface area contributed by atoms with Gasteiger partial charge in [0.15, 0.2) is 0 Å². The first-order chi connectivity index (χ1) is 17.0. The molecule has 178 valence electrons. The van der Waals surface area contributed by atoms with Gasteiger partial charge in [0.25, 0.3) is 0 Å². The summed E-state index contributed by atoms with van der Waals surface area (Å²) >= 11 is 12.3. The molecule has 0 bridgehead atoms. The number of nitrogens with one attached hydrogen (secondary N) is 1. The zero-order valence-electron chi connectivity index (χ0n) is 18.8. The number of carbonyl (C=O) groups excluding carboxylic acids is 1. The Morgan fingerprint density at radius 2 is 1.89 bits per heavy atom. The Bertz CT molecular complexity index is 1410. The minimum atomic E-state index is -0.572. The lowest BCUT2D eigenvalue weighted by molar-refractivity contribution is 0.240. The third-order valence-corrected chi connectivity index (χ3v) is 6.66. The second-order valence-electron chi connectivity index (χ2n) is 8.51. The van der Waals surface area contributed by atoms with Crippen molar-refractivity contribution in [3.8, 4) is 0 Å². The largest absolute Gasteiger partial charge is 0.333 e. The predicted molar refractivity (Wildman–Crippen MR) is 138 cm³/mol. The van der Waals surface area contributed by atoms with E-state index in [2.05, 4.69) is 27.4 Å². The Balaban J connectivity index is 1.37. The molecule has 0 atom stereocenters. The number of aromatic nitrogens is 2. The normalized spacial score (nSPS) is 13.9. The van der Waals surface area contributed by atoms with E-state index >= 15 is 0 Å². The van der Waals surface area contributed by atoms with Crippen LogP contribution in [0.3, 0.4) is 0 Å². The Labute approximate surface area is 212 Å². The second-order valence-corrected chi connectivity index (χ2v) is 9.38. The van der Waals surface area contributed by atoms with Crippen LogP contribution >= 0.6 is 23.2 Å². The average Bonchev–Trinajstić information content (AvgIpc) is 3.16. The molecule has 1 amide bonds. The van der Waals surface area contributed by atoms with E-state index in [0.29, 0.717) is 10.6 Å². The minimum absolute atomic E-state index is 0.203. The summed E-state index contributed by atoms with van der Waals surface area (Å²) in [7, 11) is 0. The van der Waals surface area contributed by atoms with Gasteiger partial charge in [-0.2, -0.15) is 4.39 Å². The molecule has 2 aromatic carbocycles. The summed E-state index contributed by atoms with van der Waals surface area (Å²) in [5, 5.41) is 5.22. The van der Waals surface area contributed by atoms with Gasteiger partial charge < -0.3 is 5.32 Å². The maximum absolute atomic E-state index is 13.4. The van der Waals surface area contributed by atoms with E-state index in [-0.39, 0.29) is 12.6 Å². The summed E-state index contributed by atoms with van der Waals surface area (Å²) < 4.78 is 15.1. The second kappa shape index (κ2) is 10.2. The molecule has 0 radical (unpaired) electrons. The van der Waals surface area contributed by atoms with Gasteiger partial charge in [-0.05, 0) is 53.1 Å². The van der Waals surface area contributed by atoms with E-state index < -0.39 is 5.95 Å². The number of amides is 1. The van der Waals surface area contributed by atoms with E-state index in [9.17, 15) is 9.18 Å². The topological polar surface area (TPSA) is 50.2 Å². The summed E-state index contributed by atoms with van der Waals surface area (Å²) in [5.41, 5.74) is 4.64. The minimum Gasteiger partial charge on any atom is -0.333 e. The molecule has 0 saturated heterocycles. The molecule has 8 heteroatoms. The van der Waals surface area contributed by atoms with E-state index in [1.54, 1.807) is 10.6 Å². The number of fused-ring (bicyclic) bond motifs is 3.